The molecule has 0 amide bonds. The molecule has 1 aromatic heterocycles. The van der Waals surface area contributed by atoms with Crippen molar-refractivity contribution >= 4 is 10.0 Å². The topological polar surface area (TPSA) is 115 Å². The summed E-state index contributed by atoms with van der Waals surface area (Å²) in [6, 6.07) is 0. The molecule has 1 atom stereocenters. The van der Waals surface area contributed by atoms with Gasteiger partial charge >= 0.3 is 0 Å². The summed E-state index contributed by atoms with van der Waals surface area (Å²) in [4.78, 5) is 5.99. The Bertz CT molecular complexity index is 398. The Morgan fingerprint density at radius 3 is 2.80 bits per heavy atom. The van der Waals surface area contributed by atoms with Crippen molar-refractivity contribution in [3.63, 3.8) is 0 Å². The highest BCUT2D eigenvalue weighted by atomic mass is 32.2. The second kappa shape index (κ2) is 4.27. The molecule has 1 heterocycles. The first kappa shape index (κ1) is 12.1. The van der Waals surface area contributed by atoms with Gasteiger partial charge in [0.15, 0.2) is 5.03 Å². The van der Waals surface area contributed by atoms with E-state index in [1.54, 1.807) is 0 Å². The molecule has 0 aliphatic carbocycles. The molecule has 86 valence electrons. The Labute approximate surface area is 87.2 Å². The van der Waals surface area contributed by atoms with Crippen LogP contribution in [0.3, 0.4) is 0 Å². The first-order valence-corrected chi connectivity index (χ1v) is 5.67. The Morgan fingerprint density at radius 1 is 1.67 bits per heavy atom. The minimum Gasteiger partial charge on any atom is -0.393 e. The van der Waals surface area contributed by atoms with Crippen LogP contribution in [0.25, 0.3) is 0 Å². The largest absolute Gasteiger partial charge is 0.393 e. The molecule has 0 aromatic carbocycles. The molecule has 0 fully saturated rings. The number of hydrogen-bond acceptors (Lipinski definition) is 5. The first-order chi connectivity index (χ1) is 6.87. The van der Waals surface area contributed by atoms with Gasteiger partial charge in [0, 0.05) is 6.54 Å². The number of aromatic amines is 1. The molecule has 15 heavy (non-hydrogen) atoms. The Hall–Kier alpha value is -0.960. The quantitative estimate of drug-likeness (QED) is 0.492. The number of aliphatic hydroxyl groups is 2. The molecule has 4 N–H and O–H groups in total. The van der Waals surface area contributed by atoms with Crippen LogP contribution in [0, 0.1) is 0 Å². The number of nitrogens with one attached hydrogen (secondary N) is 2. The van der Waals surface area contributed by atoms with Crippen LogP contribution in [0.4, 0.5) is 0 Å². The van der Waals surface area contributed by atoms with Crippen molar-refractivity contribution < 1.29 is 18.6 Å². The summed E-state index contributed by atoms with van der Waals surface area (Å²) in [5.41, 5.74) is -1.48. The van der Waals surface area contributed by atoms with Gasteiger partial charge in [-0.05, 0) is 6.92 Å². The number of aliphatic hydroxyl groups excluding tert-OH is 1. The maximum absolute atomic E-state index is 11.5. The number of rotatable bonds is 5. The molecule has 0 saturated heterocycles. The van der Waals surface area contributed by atoms with Crippen molar-refractivity contribution in [2.24, 2.45) is 0 Å². The third-order valence-electron chi connectivity index (χ3n) is 1.75. The maximum atomic E-state index is 11.5. The van der Waals surface area contributed by atoms with Crippen molar-refractivity contribution in [3.8, 4) is 0 Å². The lowest BCUT2D eigenvalue weighted by Gasteiger charge is -2.20. The lowest BCUT2D eigenvalue weighted by atomic mass is 10.1. The minimum absolute atomic E-state index is 0.0868. The molecular formula is C7H13N3O4S. The standard InChI is InChI=1S/C7H13N3O4S/c1-7(12,4-11)3-10-15(13,14)6-2-8-5-9-6/h2,5,10-12H,3-4H2,1H3,(H,8,9). The van der Waals surface area contributed by atoms with E-state index in [0.29, 0.717) is 0 Å². The molecule has 1 rings (SSSR count). The van der Waals surface area contributed by atoms with Crippen LogP contribution >= 0.6 is 0 Å². The second-order valence-electron chi connectivity index (χ2n) is 3.40. The normalized spacial score (nSPS) is 16.2. The summed E-state index contributed by atoms with van der Waals surface area (Å²) in [6.45, 7) is 0.520. The van der Waals surface area contributed by atoms with Gasteiger partial charge in [-0.3, -0.25) is 0 Å². The van der Waals surface area contributed by atoms with Crippen LogP contribution in [0.15, 0.2) is 17.6 Å². The first-order valence-electron chi connectivity index (χ1n) is 4.19. The van der Waals surface area contributed by atoms with Gasteiger partial charge in [0.1, 0.15) is 0 Å². The molecule has 0 aliphatic heterocycles. The van der Waals surface area contributed by atoms with E-state index >= 15 is 0 Å². The SMILES string of the molecule is CC(O)(CO)CNS(=O)(=O)c1cnc[nH]1. The van der Waals surface area contributed by atoms with E-state index in [0.717, 1.165) is 6.20 Å². The number of H-pyrrole nitrogens is 1. The maximum Gasteiger partial charge on any atom is 0.257 e. The molecule has 0 radical (unpaired) electrons. The summed E-state index contributed by atoms with van der Waals surface area (Å²) in [5, 5.41) is 18.0. The van der Waals surface area contributed by atoms with Gasteiger partial charge in [-0.1, -0.05) is 0 Å². The van der Waals surface area contributed by atoms with E-state index in [9.17, 15) is 13.5 Å². The fraction of sp³-hybridized carbons (Fsp3) is 0.571. The fourth-order valence-corrected chi connectivity index (χ4v) is 1.84. The zero-order valence-corrected chi connectivity index (χ0v) is 8.95. The van der Waals surface area contributed by atoms with Crippen LogP contribution in [0.1, 0.15) is 6.92 Å². The molecule has 0 aliphatic rings. The molecular weight excluding hydrogens is 222 g/mol. The summed E-state index contributed by atoms with van der Waals surface area (Å²) >= 11 is 0. The van der Waals surface area contributed by atoms with Crippen molar-refractivity contribution in [1.82, 2.24) is 14.7 Å². The average molecular weight is 235 g/mol. The van der Waals surface area contributed by atoms with Crippen LogP contribution in [0.2, 0.25) is 0 Å². The van der Waals surface area contributed by atoms with Gasteiger partial charge in [-0.25, -0.2) is 18.1 Å². The lowest BCUT2D eigenvalue weighted by Crippen LogP contribution is -2.43. The van der Waals surface area contributed by atoms with E-state index in [1.165, 1.54) is 13.3 Å². The monoisotopic (exact) mass is 235 g/mol. The number of hydrogen-bond donors (Lipinski definition) is 4. The van der Waals surface area contributed by atoms with Gasteiger partial charge in [0.05, 0.1) is 24.7 Å². The van der Waals surface area contributed by atoms with Gasteiger partial charge in [0.2, 0.25) is 0 Å². The zero-order valence-electron chi connectivity index (χ0n) is 8.14. The average Bonchev–Trinajstić information content (AvgIpc) is 2.69. The Kier molecular flexibility index (Phi) is 3.45. The number of aromatic nitrogens is 2. The predicted octanol–water partition coefficient (Wildman–Crippen LogP) is -1.57. The molecule has 0 bridgehead atoms. The number of imidazole rings is 1. The lowest BCUT2D eigenvalue weighted by molar-refractivity contribution is 0.00680. The molecule has 8 heteroatoms. The van der Waals surface area contributed by atoms with Crippen LogP contribution in [0.5, 0.6) is 0 Å². The second-order valence-corrected chi connectivity index (χ2v) is 5.13. The summed E-state index contributed by atoms with van der Waals surface area (Å²) in [7, 11) is -3.70. The highest BCUT2D eigenvalue weighted by Crippen LogP contribution is 2.05. The zero-order chi connectivity index (χ0) is 11.5. The highest BCUT2D eigenvalue weighted by molar-refractivity contribution is 7.89. The highest BCUT2D eigenvalue weighted by Gasteiger charge is 2.23. The summed E-state index contributed by atoms with van der Waals surface area (Å²) < 4.78 is 25.1. The Morgan fingerprint density at radius 2 is 2.33 bits per heavy atom. The third kappa shape index (κ3) is 3.27. The minimum atomic E-state index is -3.70. The smallest absolute Gasteiger partial charge is 0.257 e. The van der Waals surface area contributed by atoms with Crippen LogP contribution in [-0.4, -0.2) is 47.4 Å². The van der Waals surface area contributed by atoms with E-state index in [4.69, 9.17) is 5.11 Å². The Balaban J connectivity index is 2.67. The summed E-state index contributed by atoms with van der Waals surface area (Å²) in [5.74, 6) is 0. The molecule has 1 unspecified atom stereocenters. The van der Waals surface area contributed by atoms with Crippen molar-refractivity contribution in [2.45, 2.75) is 17.6 Å². The van der Waals surface area contributed by atoms with Gasteiger partial charge < -0.3 is 15.2 Å². The van der Waals surface area contributed by atoms with Crippen LogP contribution < -0.4 is 4.72 Å². The summed E-state index contributed by atoms with van der Waals surface area (Å²) in [6.07, 6.45) is 2.38. The number of sulfonamides is 1. The van der Waals surface area contributed by atoms with Gasteiger partial charge in [-0.2, -0.15) is 0 Å². The van der Waals surface area contributed by atoms with Crippen molar-refractivity contribution in [1.29, 1.82) is 0 Å². The van der Waals surface area contributed by atoms with Gasteiger partial charge in [-0.15, -0.1) is 0 Å². The number of nitrogens with zero attached hydrogens (tertiary/aromatic N) is 1. The fourth-order valence-electron chi connectivity index (χ4n) is 0.774. The molecule has 7 nitrogen and oxygen atoms in total. The molecule has 0 saturated carbocycles. The van der Waals surface area contributed by atoms with E-state index in [1.807, 2.05) is 0 Å². The van der Waals surface area contributed by atoms with Crippen molar-refractivity contribution in [3.05, 3.63) is 12.5 Å². The molecule has 1 aromatic rings. The molecule has 0 spiro atoms. The van der Waals surface area contributed by atoms with Gasteiger partial charge in [0.25, 0.3) is 10.0 Å². The van der Waals surface area contributed by atoms with E-state index in [-0.39, 0.29) is 11.6 Å². The van der Waals surface area contributed by atoms with Crippen LogP contribution in [-0.2, 0) is 10.0 Å². The predicted molar refractivity (Wildman–Crippen MR) is 51.5 cm³/mol. The van der Waals surface area contributed by atoms with E-state index < -0.39 is 22.2 Å². The van der Waals surface area contributed by atoms with Crippen molar-refractivity contribution in [2.75, 3.05) is 13.2 Å². The third-order valence-corrected chi connectivity index (χ3v) is 3.07. The van der Waals surface area contributed by atoms with E-state index in [2.05, 4.69) is 14.7 Å².